The van der Waals surface area contributed by atoms with Crippen molar-refractivity contribution in [2.24, 2.45) is 5.92 Å². The molecule has 0 aliphatic heterocycles. The first-order valence-corrected chi connectivity index (χ1v) is 8.10. The molecule has 1 atom stereocenters. The second-order valence-electron chi connectivity index (χ2n) is 5.93. The van der Waals surface area contributed by atoms with Gasteiger partial charge in [0.05, 0.1) is 13.4 Å². The fourth-order valence-corrected chi connectivity index (χ4v) is 2.20. The van der Waals surface area contributed by atoms with Crippen LogP contribution in [0.1, 0.15) is 34.8 Å². The molecule has 7 heteroatoms. The van der Waals surface area contributed by atoms with Crippen molar-refractivity contribution in [3.63, 3.8) is 0 Å². The molecule has 7 nitrogen and oxygen atoms in total. The van der Waals surface area contributed by atoms with E-state index in [1.165, 1.54) is 19.4 Å². The molecule has 138 valence electrons. The molecule has 0 radical (unpaired) electrons. The van der Waals surface area contributed by atoms with Crippen molar-refractivity contribution in [1.82, 2.24) is 5.32 Å². The van der Waals surface area contributed by atoms with Crippen molar-refractivity contribution >= 4 is 17.7 Å². The molecule has 0 aliphatic carbocycles. The first kappa shape index (κ1) is 19.2. The zero-order chi connectivity index (χ0) is 19.1. The first-order chi connectivity index (χ1) is 12.4. The summed E-state index contributed by atoms with van der Waals surface area (Å²) in [5.74, 6) is -1.05. The molecule has 1 aromatic carbocycles. The Morgan fingerprint density at radius 2 is 1.81 bits per heavy atom. The number of Topliss-reactive ketones (excluding diaryl/α,β-unsaturated/α-hetero) is 1. The fourth-order valence-electron chi connectivity index (χ4n) is 2.20. The Balaban J connectivity index is 1.94. The van der Waals surface area contributed by atoms with Crippen molar-refractivity contribution in [2.45, 2.75) is 19.9 Å². The smallest absolute Gasteiger partial charge is 0.329 e. The lowest BCUT2D eigenvalue weighted by Crippen LogP contribution is -2.45. The summed E-state index contributed by atoms with van der Waals surface area (Å²) in [6.45, 7) is 3.12. The van der Waals surface area contributed by atoms with Crippen LogP contribution in [-0.4, -0.2) is 37.4 Å². The maximum atomic E-state index is 12.3. The van der Waals surface area contributed by atoms with Crippen molar-refractivity contribution in [1.29, 1.82) is 0 Å². The highest BCUT2D eigenvalue weighted by Crippen LogP contribution is 2.12. The van der Waals surface area contributed by atoms with Crippen molar-refractivity contribution in [3.05, 3.63) is 54.0 Å². The van der Waals surface area contributed by atoms with Crippen LogP contribution in [0.4, 0.5) is 0 Å². The van der Waals surface area contributed by atoms with Gasteiger partial charge >= 0.3 is 5.97 Å². The Morgan fingerprint density at radius 3 is 2.35 bits per heavy atom. The summed E-state index contributed by atoms with van der Waals surface area (Å²) in [7, 11) is 1.53. The third-order valence-electron chi connectivity index (χ3n) is 3.71. The van der Waals surface area contributed by atoms with Gasteiger partial charge in [-0.15, -0.1) is 0 Å². The fraction of sp³-hybridized carbons (Fsp3) is 0.316. The maximum Gasteiger partial charge on any atom is 0.329 e. The lowest BCUT2D eigenvalue weighted by molar-refractivity contribution is -0.145. The van der Waals surface area contributed by atoms with Crippen LogP contribution in [0.3, 0.4) is 0 Å². The SMILES string of the molecule is COc1ccc(C(=O)COC(=O)[C@@H](NC(=O)c2ccco2)C(C)C)cc1. The van der Waals surface area contributed by atoms with Crippen molar-refractivity contribution < 1.29 is 28.3 Å². The number of hydrogen-bond donors (Lipinski definition) is 1. The first-order valence-electron chi connectivity index (χ1n) is 8.10. The standard InChI is InChI=1S/C19H21NO6/c1-12(2)17(20-18(22)16-5-4-10-25-16)19(23)26-11-15(21)13-6-8-14(24-3)9-7-13/h4-10,12,17H,11H2,1-3H3,(H,20,22)/t17-/m0/s1. The van der Waals surface area contributed by atoms with Gasteiger partial charge in [-0.1, -0.05) is 13.8 Å². The normalized spacial score (nSPS) is 11.7. The van der Waals surface area contributed by atoms with Gasteiger partial charge in [0, 0.05) is 5.56 Å². The number of benzene rings is 1. The zero-order valence-electron chi connectivity index (χ0n) is 14.9. The summed E-state index contributed by atoms with van der Waals surface area (Å²) in [5.41, 5.74) is 0.402. The third kappa shape index (κ3) is 4.95. The van der Waals surface area contributed by atoms with Crippen LogP contribution in [0.5, 0.6) is 5.75 Å². The van der Waals surface area contributed by atoms with E-state index in [2.05, 4.69) is 5.32 Å². The summed E-state index contributed by atoms with van der Waals surface area (Å²) >= 11 is 0. The van der Waals surface area contributed by atoms with E-state index in [0.29, 0.717) is 11.3 Å². The molecule has 0 saturated carbocycles. The molecule has 2 rings (SSSR count). The molecule has 1 amide bonds. The number of methoxy groups -OCH3 is 1. The summed E-state index contributed by atoms with van der Waals surface area (Å²) in [6, 6.07) is 8.65. The van der Waals surface area contributed by atoms with E-state index < -0.39 is 24.5 Å². The largest absolute Gasteiger partial charge is 0.497 e. The van der Waals surface area contributed by atoms with Gasteiger partial charge in [0.25, 0.3) is 5.91 Å². The number of carbonyl (C=O) groups excluding carboxylic acids is 3. The van der Waals surface area contributed by atoms with Gasteiger partial charge in [0.15, 0.2) is 18.2 Å². The molecule has 1 aromatic heterocycles. The van der Waals surface area contributed by atoms with E-state index >= 15 is 0 Å². The van der Waals surface area contributed by atoms with Crippen molar-refractivity contribution in [2.75, 3.05) is 13.7 Å². The molecule has 0 spiro atoms. The number of ether oxygens (including phenoxy) is 2. The summed E-state index contributed by atoms with van der Waals surface area (Å²) < 4.78 is 15.1. The number of rotatable bonds is 8. The van der Waals surface area contributed by atoms with E-state index in [9.17, 15) is 14.4 Å². The molecule has 26 heavy (non-hydrogen) atoms. The molecule has 2 aromatic rings. The molecule has 0 unspecified atom stereocenters. The average molecular weight is 359 g/mol. The van der Waals surface area contributed by atoms with Crippen LogP contribution in [0, 0.1) is 5.92 Å². The number of esters is 1. The number of hydrogen-bond acceptors (Lipinski definition) is 6. The van der Waals surface area contributed by atoms with Gasteiger partial charge in [-0.2, -0.15) is 0 Å². The quantitative estimate of drug-likeness (QED) is 0.575. The Kier molecular flexibility index (Phi) is 6.54. The summed E-state index contributed by atoms with van der Waals surface area (Å²) in [6.07, 6.45) is 1.37. The monoisotopic (exact) mass is 359 g/mol. The maximum absolute atomic E-state index is 12.3. The predicted molar refractivity (Wildman–Crippen MR) is 93.1 cm³/mol. The molecular formula is C19H21NO6. The van der Waals surface area contributed by atoms with Crippen LogP contribution in [0.2, 0.25) is 0 Å². The molecule has 0 fully saturated rings. The van der Waals surface area contributed by atoms with Gasteiger partial charge < -0.3 is 19.2 Å². The highest BCUT2D eigenvalue weighted by Gasteiger charge is 2.27. The molecule has 0 saturated heterocycles. The number of amides is 1. The predicted octanol–water partition coefficient (Wildman–Crippen LogP) is 2.47. The Bertz CT molecular complexity index is 749. The minimum Gasteiger partial charge on any atom is -0.497 e. The second-order valence-corrected chi connectivity index (χ2v) is 5.93. The molecule has 1 heterocycles. The topological polar surface area (TPSA) is 94.8 Å². The van der Waals surface area contributed by atoms with Crippen LogP contribution >= 0.6 is 0 Å². The van der Waals surface area contributed by atoms with Crippen LogP contribution in [-0.2, 0) is 9.53 Å². The van der Waals surface area contributed by atoms with Gasteiger partial charge in [-0.25, -0.2) is 4.79 Å². The molecular weight excluding hydrogens is 338 g/mol. The molecule has 1 N–H and O–H groups in total. The van der Waals surface area contributed by atoms with Gasteiger partial charge in [0.1, 0.15) is 11.8 Å². The van der Waals surface area contributed by atoms with Crippen LogP contribution in [0.15, 0.2) is 47.1 Å². The van der Waals surface area contributed by atoms with Gasteiger partial charge in [-0.05, 0) is 42.3 Å². The van der Waals surface area contributed by atoms with Crippen LogP contribution in [0.25, 0.3) is 0 Å². The highest BCUT2D eigenvalue weighted by molar-refractivity contribution is 5.99. The third-order valence-corrected chi connectivity index (χ3v) is 3.71. The zero-order valence-corrected chi connectivity index (χ0v) is 14.9. The van der Waals surface area contributed by atoms with Crippen LogP contribution < -0.4 is 10.1 Å². The number of furan rings is 1. The van der Waals surface area contributed by atoms with Gasteiger partial charge in [0.2, 0.25) is 0 Å². The summed E-state index contributed by atoms with van der Waals surface area (Å²) in [4.78, 5) is 36.5. The minimum absolute atomic E-state index is 0.0951. The summed E-state index contributed by atoms with van der Waals surface area (Å²) in [5, 5.41) is 2.56. The number of carbonyl (C=O) groups is 3. The lowest BCUT2D eigenvalue weighted by atomic mass is 10.0. The highest BCUT2D eigenvalue weighted by atomic mass is 16.5. The van der Waals surface area contributed by atoms with Crippen molar-refractivity contribution in [3.8, 4) is 5.75 Å². The number of ketones is 1. The van der Waals surface area contributed by atoms with E-state index in [1.54, 1.807) is 44.2 Å². The Hall–Kier alpha value is -3.09. The van der Waals surface area contributed by atoms with E-state index in [0.717, 1.165) is 0 Å². The minimum atomic E-state index is -0.892. The lowest BCUT2D eigenvalue weighted by Gasteiger charge is -2.20. The second kappa shape index (κ2) is 8.84. The van der Waals surface area contributed by atoms with E-state index in [4.69, 9.17) is 13.9 Å². The number of nitrogens with one attached hydrogen (secondary N) is 1. The Morgan fingerprint density at radius 1 is 1.12 bits per heavy atom. The van der Waals surface area contributed by atoms with E-state index in [1.807, 2.05) is 0 Å². The molecule has 0 bridgehead atoms. The Labute approximate surface area is 151 Å². The van der Waals surface area contributed by atoms with E-state index in [-0.39, 0.29) is 17.5 Å². The average Bonchev–Trinajstić information content (AvgIpc) is 3.18. The van der Waals surface area contributed by atoms with Gasteiger partial charge in [-0.3, -0.25) is 9.59 Å². The molecule has 0 aliphatic rings.